The molecule has 1 aliphatic heterocycles. The van der Waals surface area contributed by atoms with Crippen LogP contribution < -0.4 is 10.5 Å². The van der Waals surface area contributed by atoms with Crippen molar-refractivity contribution < 1.29 is 9.53 Å². The third-order valence-corrected chi connectivity index (χ3v) is 3.01. The molecule has 0 aliphatic carbocycles. The normalized spacial score (nSPS) is 12.9. The Labute approximate surface area is 104 Å². The summed E-state index contributed by atoms with van der Waals surface area (Å²) in [5, 5.41) is 0. The van der Waals surface area contributed by atoms with Gasteiger partial charge in [-0.1, -0.05) is 0 Å². The minimum Gasteiger partial charge on any atom is -0.493 e. The minimum atomic E-state index is -0.150. The summed E-state index contributed by atoms with van der Waals surface area (Å²) in [5.74, 6) is 0.711. The van der Waals surface area contributed by atoms with Crippen LogP contribution in [0.5, 0.6) is 5.75 Å². The molecule has 0 unspecified atom stereocenters. The highest BCUT2D eigenvalue weighted by atomic mass is 16.5. The fourth-order valence-electron chi connectivity index (χ4n) is 2.07. The molecule has 2 heterocycles. The molecule has 0 saturated heterocycles. The maximum absolute atomic E-state index is 12.3. The van der Waals surface area contributed by atoms with Gasteiger partial charge in [0.2, 0.25) is 5.78 Å². The number of nitrogen functional groups attached to an aromatic ring is 1. The largest absolute Gasteiger partial charge is 0.493 e. The molecule has 1 aromatic carbocycles. The smallest absolute Gasteiger partial charge is 0.213 e. The lowest BCUT2D eigenvalue weighted by Gasteiger charge is -2.05. The number of aromatic nitrogens is 1. The molecule has 90 valence electrons. The van der Waals surface area contributed by atoms with Gasteiger partial charge >= 0.3 is 0 Å². The maximum Gasteiger partial charge on any atom is 0.213 e. The van der Waals surface area contributed by atoms with Crippen molar-refractivity contribution >= 4 is 11.5 Å². The monoisotopic (exact) mass is 240 g/mol. The molecule has 0 bridgehead atoms. The van der Waals surface area contributed by atoms with Crippen molar-refractivity contribution in [3.63, 3.8) is 0 Å². The molecule has 2 aromatic rings. The summed E-state index contributed by atoms with van der Waals surface area (Å²) in [6, 6.07) is 8.83. The van der Waals surface area contributed by atoms with E-state index in [1.165, 1.54) is 0 Å². The minimum absolute atomic E-state index is 0.150. The van der Waals surface area contributed by atoms with Crippen LogP contribution in [0.15, 0.2) is 36.5 Å². The summed E-state index contributed by atoms with van der Waals surface area (Å²) in [6.07, 6.45) is 2.41. The number of fused-ring (bicyclic) bond motifs is 1. The Balaban J connectivity index is 2.01. The molecule has 18 heavy (non-hydrogen) atoms. The van der Waals surface area contributed by atoms with E-state index in [0.29, 0.717) is 23.6 Å². The number of nitrogens with zero attached hydrogens (tertiary/aromatic N) is 1. The van der Waals surface area contributed by atoms with Crippen molar-refractivity contribution in [1.29, 1.82) is 0 Å². The Morgan fingerprint density at radius 2 is 2.22 bits per heavy atom. The van der Waals surface area contributed by atoms with E-state index in [-0.39, 0.29) is 5.78 Å². The number of benzene rings is 1. The van der Waals surface area contributed by atoms with E-state index >= 15 is 0 Å². The van der Waals surface area contributed by atoms with Crippen molar-refractivity contribution in [2.45, 2.75) is 6.42 Å². The Hall–Kier alpha value is -2.36. The van der Waals surface area contributed by atoms with E-state index in [1.54, 1.807) is 24.4 Å². The van der Waals surface area contributed by atoms with Gasteiger partial charge in [0.1, 0.15) is 11.4 Å². The zero-order valence-electron chi connectivity index (χ0n) is 9.72. The Morgan fingerprint density at radius 1 is 1.33 bits per heavy atom. The van der Waals surface area contributed by atoms with E-state index in [4.69, 9.17) is 10.5 Å². The molecule has 3 rings (SSSR count). The van der Waals surface area contributed by atoms with Gasteiger partial charge in [0.25, 0.3) is 0 Å². The van der Waals surface area contributed by atoms with Crippen LogP contribution in [0.3, 0.4) is 0 Å². The van der Waals surface area contributed by atoms with E-state index in [9.17, 15) is 4.79 Å². The zero-order valence-corrected chi connectivity index (χ0v) is 9.72. The highest BCUT2D eigenvalue weighted by Gasteiger charge is 2.18. The van der Waals surface area contributed by atoms with Crippen molar-refractivity contribution in [1.82, 2.24) is 4.98 Å². The van der Waals surface area contributed by atoms with Crippen LogP contribution in [0.4, 0.5) is 5.69 Å². The van der Waals surface area contributed by atoms with Crippen molar-refractivity contribution in [3.8, 4) is 5.75 Å². The molecule has 0 spiro atoms. The van der Waals surface area contributed by atoms with Crippen LogP contribution in [0.1, 0.15) is 21.6 Å². The number of anilines is 1. The summed E-state index contributed by atoms with van der Waals surface area (Å²) in [7, 11) is 0. The first-order valence-electron chi connectivity index (χ1n) is 5.76. The number of hydrogen-bond acceptors (Lipinski definition) is 4. The molecule has 2 N–H and O–H groups in total. The number of ketones is 1. The van der Waals surface area contributed by atoms with Gasteiger partial charge in [-0.25, -0.2) is 0 Å². The average Bonchev–Trinajstić information content (AvgIpc) is 2.85. The van der Waals surface area contributed by atoms with Crippen molar-refractivity contribution in [2.75, 3.05) is 12.3 Å². The van der Waals surface area contributed by atoms with E-state index in [1.807, 2.05) is 12.1 Å². The lowest BCUT2D eigenvalue weighted by Crippen LogP contribution is -2.07. The van der Waals surface area contributed by atoms with Gasteiger partial charge < -0.3 is 10.5 Å². The number of ether oxygens (including phenoxy) is 1. The van der Waals surface area contributed by atoms with E-state index in [2.05, 4.69) is 4.98 Å². The van der Waals surface area contributed by atoms with Crippen molar-refractivity contribution in [2.24, 2.45) is 0 Å². The molecular formula is C14H12N2O2. The van der Waals surface area contributed by atoms with E-state index in [0.717, 1.165) is 17.7 Å². The number of nitrogens with two attached hydrogens (primary N) is 1. The van der Waals surface area contributed by atoms with Crippen LogP contribution in [-0.2, 0) is 6.42 Å². The molecule has 0 saturated carbocycles. The maximum atomic E-state index is 12.3. The van der Waals surface area contributed by atoms with Gasteiger partial charge in [-0.05, 0) is 35.9 Å². The first kappa shape index (κ1) is 10.8. The first-order chi connectivity index (χ1) is 8.75. The van der Waals surface area contributed by atoms with E-state index < -0.39 is 0 Å². The molecule has 4 heteroatoms. The SMILES string of the molecule is Nc1cccnc1C(=O)c1ccc2c(c1)CCO2. The second-order valence-electron chi connectivity index (χ2n) is 4.19. The number of carbonyl (C=O) groups excluding carboxylic acids is 1. The molecule has 4 nitrogen and oxygen atoms in total. The zero-order chi connectivity index (χ0) is 12.5. The standard InChI is InChI=1S/C14H12N2O2/c15-11-2-1-6-16-13(11)14(17)10-3-4-12-9(8-10)5-7-18-12/h1-4,6,8H,5,7,15H2. The fraction of sp³-hybridized carbons (Fsp3) is 0.143. The van der Waals surface area contributed by atoms with Gasteiger partial charge in [0.05, 0.1) is 12.3 Å². The number of pyridine rings is 1. The van der Waals surface area contributed by atoms with Crippen LogP contribution >= 0.6 is 0 Å². The Kier molecular flexibility index (Phi) is 2.48. The third kappa shape index (κ3) is 1.72. The topological polar surface area (TPSA) is 65.2 Å². The highest BCUT2D eigenvalue weighted by Crippen LogP contribution is 2.27. The van der Waals surface area contributed by atoms with Crippen LogP contribution in [-0.4, -0.2) is 17.4 Å². The van der Waals surface area contributed by atoms with Crippen LogP contribution in [0.25, 0.3) is 0 Å². The molecule has 0 radical (unpaired) electrons. The summed E-state index contributed by atoms with van der Waals surface area (Å²) in [6.45, 7) is 0.679. The molecule has 0 atom stereocenters. The number of hydrogen-bond donors (Lipinski definition) is 1. The predicted octanol–water partition coefficient (Wildman–Crippen LogP) is 1.83. The van der Waals surface area contributed by atoms with Crippen LogP contribution in [0, 0.1) is 0 Å². The van der Waals surface area contributed by atoms with Gasteiger partial charge in [-0.2, -0.15) is 0 Å². The summed E-state index contributed by atoms with van der Waals surface area (Å²) in [5.41, 5.74) is 8.13. The number of rotatable bonds is 2. The van der Waals surface area contributed by atoms with Gasteiger partial charge in [0.15, 0.2) is 0 Å². The second-order valence-corrected chi connectivity index (χ2v) is 4.19. The van der Waals surface area contributed by atoms with Crippen LogP contribution in [0.2, 0.25) is 0 Å². The predicted molar refractivity (Wildman–Crippen MR) is 67.7 cm³/mol. The van der Waals surface area contributed by atoms with Gasteiger partial charge in [-0.3, -0.25) is 9.78 Å². The summed E-state index contributed by atoms with van der Waals surface area (Å²) < 4.78 is 5.41. The fourth-order valence-corrected chi connectivity index (χ4v) is 2.07. The van der Waals surface area contributed by atoms with Gasteiger partial charge in [0, 0.05) is 18.2 Å². The Bertz CT molecular complexity index is 623. The van der Waals surface area contributed by atoms with Crippen molar-refractivity contribution in [3.05, 3.63) is 53.3 Å². The Morgan fingerprint density at radius 3 is 3.06 bits per heavy atom. The quantitative estimate of drug-likeness (QED) is 0.813. The lowest BCUT2D eigenvalue weighted by molar-refractivity contribution is 0.103. The van der Waals surface area contributed by atoms with Gasteiger partial charge in [-0.15, -0.1) is 0 Å². The molecular weight excluding hydrogens is 228 g/mol. The molecule has 1 aromatic heterocycles. The summed E-state index contributed by atoms with van der Waals surface area (Å²) >= 11 is 0. The highest BCUT2D eigenvalue weighted by molar-refractivity contribution is 6.10. The molecule has 0 amide bonds. The number of carbonyl (C=O) groups is 1. The lowest BCUT2D eigenvalue weighted by atomic mass is 10.0. The molecule has 1 aliphatic rings. The third-order valence-electron chi connectivity index (χ3n) is 3.01. The second kappa shape index (κ2) is 4.14. The average molecular weight is 240 g/mol. The molecule has 0 fully saturated rings. The first-order valence-corrected chi connectivity index (χ1v) is 5.76. The summed E-state index contributed by atoms with van der Waals surface area (Å²) in [4.78, 5) is 16.3.